The van der Waals surface area contributed by atoms with Crippen LogP contribution < -0.4 is 15.8 Å². The van der Waals surface area contributed by atoms with E-state index in [0.717, 1.165) is 15.7 Å². The Kier molecular flexibility index (Phi) is 4.79. The lowest BCUT2D eigenvalue weighted by molar-refractivity contribution is 0.588. The van der Waals surface area contributed by atoms with Crippen LogP contribution in [0.1, 0.15) is 5.56 Å². The summed E-state index contributed by atoms with van der Waals surface area (Å²) in [4.78, 5) is 0. The number of sulfonamides is 1. The molecule has 1 aromatic rings. The third-order valence-corrected chi connectivity index (χ3v) is 4.37. The first kappa shape index (κ1) is 14.3. The van der Waals surface area contributed by atoms with E-state index in [1.54, 1.807) is 6.07 Å². The minimum Gasteiger partial charge on any atom is -0.398 e. The van der Waals surface area contributed by atoms with Crippen LogP contribution in [0.25, 0.3) is 0 Å². The highest BCUT2D eigenvalue weighted by Gasteiger charge is 2.07. The molecule has 5 nitrogen and oxygen atoms in total. The van der Waals surface area contributed by atoms with Gasteiger partial charge in [-0.25, -0.2) is 13.1 Å². The zero-order valence-electron chi connectivity index (χ0n) is 9.75. The Morgan fingerprint density at radius 1 is 1.41 bits per heavy atom. The second-order valence-electron chi connectivity index (χ2n) is 3.64. The summed E-state index contributed by atoms with van der Waals surface area (Å²) in [6.45, 7) is 2.24. The molecule has 0 bridgehead atoms. The van der Waals surface area contributed by atoms with Crippen molar-refractivity contribution in [3.63, 3.8) is 0 Å². The Balaban J connectivity index is 2.68. The first-order valence-electron chi connectivity index (χ1n) is 5.06. The molecule has 0 fully saturated rings. The van der Waals surface area contributed by atoms with Crippen molar-refractivity contribution in [2.45, 2.75) is 6.92 Å². The summed E-state index contributed by atoms with van der Waals surface area (Å²) < 4.78 is 25.5. The Labute approximate surface area is 110 Å². The molecule has 0 amide bonds. The van der Waals surface area contributed by atoms with Crippen molar-refractivity contribution in [2.75, 3.05) is 30.4 Å². The van der Waals surface area contributed by atoms with Gasteiger partial charge in [-0.05, 0) is 47.6 Å². The molecule has 0 aliphatic carbocycles. The molecule has 0 saturated heterocycles. The Hall–Kier alpha value is -0.790. The largest absolute Gasteiger partial charge is 0.398 e. The van der Waals surface area contributed by atoms with Crippen molar-refractivity contribution in [3.05, 3.63) is 22.2 Å². The van der Waals surface area contributed by atoms with E-state index in [0.29, 0.717) is 12.2 Å². The lowest BCUT2D eigenvalue weighted by Crippen LogP contribution is -2.26. The van der Waals surface area contributed by atoms with E-state index in [-0.39, 0.29) is 5.75 Å². The second kappa shape index (κ2) is 5.70. The maximum absolute atomic E-state index is 11.2. The number of nitrogen functional groups attached to an aromatic ring is 1. The van der Waals surface area contributed by atoms with Crippen LogP contribution in [0.5, 0.6) is 0 Å². The Morgan fingerprint density at radius 2 is 2.06 bits per heavy atom. The van der Waals surface area contributed by atoms with Crippen molar-refractivity contribution in [1.82, 2.24) is 4.72 Å². The van der Waals surface area contributed by atoms with Gasteiger partial charge in [-0.1, -0.05) is 0 Å². The normalized spacial score (nSPS) is 11.5. The summed E-state index contributed by atoms with van der Waals surface area (Å²) in [6.07, 6.45) is 0. The zero-order chi connectivity index (χ0) is 13.1. The number of hydrogen-bond donors (Lipinski definition) is 3. The maximum Gasteiger partial charge on any atom is 0.213 e. The summed E-state index contributed by atoms with van der Waals surface area (Å²) in [6, 6.07) is 3.68. The quantitative estimate of drug-likeness (QED) is 0.714. The number of hydrogen-bond acceptors (Lipinski definition) is 4. The van der Waals surface area contributed by atoms with Gasteiger partial charge in [0.25, 0.3) is 0 Å². The maximum atomic E-state index is 11.2. The molecule has 0 radical (unpaired) electrons. The molecule has 17 heavy (non-hydrogen) atoms. The van der Waals surface area contributed by atoms with Crippen LogP contribution >= 0.6 is 15.9 Å². The highest BCUT2D eigenvalue weighted by atomic mass is 79.9. The molecular weight excluding hydrogens is 306 g/mol. The highest BCUT2D eigenvalue weighted by molar-refractivity contribution is 9.10. The molecule has 1 aromatic carbocycles. The molecule has 4 N–H and O–H groups in total. The van der Waals surface area contributed by atoms with Crippen LogP contribution in [-0.4, -0.2) is 27.8 Å². The van der Waals surface area contributed by atoms with Gasteiger partial charge in [-0.3, -0.25) is 0 Å². The Bertz CT molecular complexity index is 503. The fourth-order valence-electron chi connectivity index (χ4n) is 1.25. The lowest BCUT2D eigenvalue weighted by atomic mass is 10.2. The standard InChI is InChI=1S/C10H16BrN3O2S/c1-7-5-10(8(11)6-9(7)12)14-3-4-17(15,16)13-2/h5-6,13-14H,3-4,12H2,1-2H3. The first-order valence-corrected chi connectivity index (χ1v) is 7.51. The van der Waals surface area contributed by atoms with Gasteiger partial charge in [-0.15, -0.1) is 0 Å². The van der Waals surface area contributed by atoms with Gasteiger partial charge in [0.1, 0.15) is 0 Å². The molecule has 96 valence electrons. The van der Waals surface area contributed by atoms with Gasteiger partial charge in [-0.2, -0.15) is 0 Å². The molecule has 1 rings (SSSR count). The van der Waals surface area contributed by atoms with Gasteiger partial charge >= 0.3 is 0 Å². The lowest BCUT2D eigenvalue weighted by Gasteiger charge is -2.11. The minimum absolute atomic E-state index is 0.0271. The Morgan fingerprint density at radius 3 is 2.65 bits per heavy atom. The van der Waals surface area contributed by atoms with Crippen LogP contribution in [0.3, 0.4) is 0 Å². The molecule has 0 atom stereocenters. The van der Waals surface area contributed by atoms with Gasteiger partial charge in [0.05, 0.1) is 5.75 Å². The number of halogens is 1. The van der Waals surface area contributed by atoms with Crippen molar-refractivity contribution >= 4 is 37.3 Å². The summed E-state index contributed by atoms with van der Waals surface area (Å²) in [5.41, 5.74) is 8.23. The van der Waals surface area contributed by atoms with E-state index in [1.807, 2.05) is 13.0 Å². The highest BCUT2D eigenvalue weighted by Crippen LogP contribution is 2.27. The average molecular weight is 322 g/mol. The number of benzene rings is 1. The average Bonchev–Trinajstić information content (AvgIpc) is 2.25. The number of rotatable bonds is 5. The minimum atomic E-state index is -3.17. The first-order chi connectivity index (χ1) is 7.85. The van der Waals surface area contributed by atoms with Crippen LogP contribution in [-0.2, 0) is 10.0 Å². The van der Waals surface area contributed by atoms with E-state index < -0.39 is 10.0 Å². The van der Waals surface area contributed by atoms with Crippen LogP contribution in [0.2, 0.25) is 0 Å². The predicted molar refractivity (Wildman–Crippen MR) is 74.6 cm³/mol. The van der Waals surface area contributed by atoms with Gasteiger partial charge in [0, 0.05) is 22.4 Å². The van der Waals surface area contributed by atoms with Crippen molar-refractivity contribution in [1.29, 1.82) is 0 Å². The fraction of sp³-hybridized carbons (Fsp3) is 0.400. The second-order valence-corrected chi connectivity index (χ2v) is 6.54. The van der Waals surface area contributed by atoms with Gasteiger partial charge < -0.3 is 11.1 Å². The molecule has 0 heterocycles. The smallest absolute Gasteiger partial charge is 0.213 e. The third-order valence-electron chi connectivity index (χ3n) is 2.35. The fourth-order valence-corrected chi connectivity index (χ4v) is 2.33. The number of nitrogens with one attached hydrogen (secondary N) is 2. The van der Waals surface area contributed by atoms with E-state index in [4.69, 9.17) is 5.73 Å². The molecule has 0 saturated carbocycles. The van der Waals surface area contributed by atoms with Gasteiger partial charge in [0.2, 0.25) is 10.0 Å². The summed E-state index contributed by atoms with van der Waals surface area (Å²) >= 11 is 3.37. The third kappa shape index (κ3) is 4.18. The number of nitrogens with two attached hydrogens (primary N) is 1. The monoisotopic (exact) mass is 321 g/mol. The SMILES string of the molecule is CNS(=O)(=O)CCNc1cc(C)c(N)cc1Br. The van der Waals surface area contributed by atoms with Crippen molar-refractivity contribution in [2.24, 2.45) is 0 Å². The van der Waals surface area contributed by atoms with Crippen LogP contribution in [0.15, 0.2) is 16.6 Å². The van der Waals surface area contributed by atoms with E-state index in [1.165, 1.54) is 7.05 Å². The molecule has 7 heteroatoms. The van der Waals surface area contributed by atoms with Crippen molar-refractivity contribution < 1.29 is 8.42 Å². The van der Waals surface area contributed by atoms with Gasteiger partial charge in [0.15, 0.2) is 0 Å². The summed E-state index contributed by atoms with van der Waals surface area (Å²) in [7, 11) is -1.77. The molecule has 0 aliphatic rings. The molecular formula is C10H16BrN3O2S. The van der Waals surface area contributed by atoms with Crippen molar-refractivity contribution in [3.8, 4) is 0 Å². The molecule has 0 aromatic heterocycles. The number of anilines is 2. The van der Waals surface area contributed by atoms with Crippen LogP contribution in [0, 0.1) is 6.92 Å². The predicted octanol–water partition coefficient (Wildman–Crippen LogP) is 1.30. The topological polar surface area (TPSA) is 84.2 Å². The summed E-state index contributed by atoms with van der Waals surface area (Å²) in [5, 5.41) is 3.05. The summed E-state index contributed by atoms with van der Waals surface area (Å²) in [5.74, 6) is 0.0271. The van der Waals surface area contributed by atoms with Crippen LogP contribution in [0.4, 0.5) is 11.4 Å². The number of aryl methyl sites for hydroxylation is 1. The van der Waals surface area contributed by atoms with E-state index >= 15 is 0 Å². The van der Waals surface area contributed by atoms with E-state index in [2.05, 4.69) is 26.0 Å². The molecule has 0 aliphatic heterocycles. The molecule has 0 unspecified atom stereocenters. The zero-order valence-corrected chi connectivity index (χ0v) is 12.2. The molecule has 0 spiro atoms. The van der Waals surface area contributed by atoms with E-state index in [9.17, 15) is 8.42 Å².